The fraction of sp³-hybridized carbons (Fsp3) is 0.889. The lowest BCUT2D eigenvalue weighted by molar-refractivity contribution is 0.0660. The molecule has 0 amide bonds. The van der Waals surface area contributed by atoms with Crippen LogP contribution in [-0.2, 0) is 4.74 Å². The first-order chi connectivity index (χ1) is 5.56. The average molecular weight is 174 g/mol. The fourth-order valence-electron chi connectivity index (χ4n) is 0.728. The Kier molecular flexibility index (Phi) is 5.51. The Morgan fingerprint density at radius 3 is 2.08 bits per heavy atom. The minimum atomic E-state index is -1.21. The monoisotopic (exact) mass is 174 g/mol. The van der Waals surface area contributed by atoms with Crippen molar-refractivity contribution >= 4 is 6.16 Å². The molecule has 0 atom stereocenters. The first-order valence-electron chi connectivity index (χ1n) is 4.45. The summed E-state index contributed by atoms with van der Waals surface area (Å²) in [5, 5.41) is 7.86. The normalized spacial score (nSPS) is 15.0. The van der Waals surface area contributed by atoms with E-state index < -0.39 is 6.16 Å². The van der Waals surface area contributed by atoms with Gasteiger partial charge in [0.25, 0.3) is 0 Å². The second-order valence-electron chi connectivity index (χ2n) is 3.28. The number of hydrogen-bond acceptors (Lipinski definition) is 2. The van der Waals surface area contributed by atoms with Gasteiger partial charge >= 0.3 is 6.16 Å². The van der Waals surface area contributed by atoms with Crippen molar-refractivity contribution in [1.82, 2.24) is 0 Å². The lowest BCUT2D eigenvalue weighted by Gasteiger charge is -1.99. The van der Waals surface area contributed by atoms with Gasteiger partial charge in [-0.1, -0.05) is 26.2 Å². The molecule has 3 heteroatoms. The maximum absolute atomic E-state index is 9.59. The van der Waals surface area contributed by atoms with Gasteiger partial charge in [0.1, 0.15) is 0 Å². The van der Waals surface area contributed by atoms with Gasteiger partial charge < -0.3 is 9.84 Å². The molecule has 0 aliphatic heterocycles. The Balaban J connectivity index is 0.000000211. The standard InChI is InChI=1S/C5H10.C4H8O3/c1-2-5-3-4-5;1-3(2)7-4(5)6/h5H,2-4H2,1H3;3H,1-2H3,(H,5,6). The molecule has 0 spiro atoms. The van der Waals surface area contributed by atoms with Gasteiger partial charge in [-0.15, -0.1) is 0 Å². The summed E-state index contributed by atoms with van der Waals surface area (Å²) in [6.45, 7) is 5.58. The Labute approximate surface area is 73.7 Å². The van der Waals surface area contributed by atoms with Crippen LogP contribution in [0.2, 0.25) is 0 Å². The molecule has 0 aromatic rings. The van der Waals surface area contributed by atoms with Crippen molar-refractivity contribution in [2.24, 2.45) is 5.92 Å². The van der Waals surface area contributed by atoms with Crippen molar-refractivity contribution in [2.75, 3.05) is 0 Å². The third kappa shape index (κ3) is 9.27. The van der Waals surface area contributed by atoms with Gasteiger partial charge in [-0.25, -0.2) is 4.79 Å². The molecule has 1 aliphatic carbocycles. The predicted octanol–water partition coefficient (Wildman–Crippen LogP) is 2.90. The van der Waals surface area contributed by atoms with E-state index in [9.17, 15) is 4.79 Å². The number of hydrogen-bond donors (Lipinski definition) is 1. The molecule has 3 nitrogen and oxygen atoms in total. The number of ether oxygens (including phenoxy) is 1. The van der Waals surface area contributed by atoms with Crippen LogP contribution >= 0.6 is 0 Å². The molecule has 0 aromatic heterocycles. The molecule has 0 radical (unpaired) electrons. The molecule has 72 valence electrons. The van der Waals surface area contributed by atoms with Crippen LogP contribution in [0.1, 0.15) is 40.0 Å². The van der Waals surface area contributed by atoms with Gasteiger partial charge in [-0.3, -0.25) is 0 Å². The van der Waals surface area contributed by atoms with Crippen LogP contribution in [-0.4, -0.2) is 17.4 Å². The van der Waals surface area contributed by atoms with Crippen LogP contribution in [0.4, 0.5) is 4.79 Å². The van der Waals surface area contributed by atoms with Crippen LogP contribution < -0.4 is 0 Å². The smallest absolute Gasteiger partial charge is 0.450 e. The van der Waals surface area contributed by atoms with Gasteiger partial charge in [0.15, 0.2) is 0 Å². The van der Waals surface area contributed by atoms with E-state index in [-0.39, 0.29) is 6.10 Å². The molecular weight excluding hydrogens is 156 g/mol. The van der Waals surface area contributed by atoms with Gasteiger partial charge in [0.05, 0.1) is 6.10 Å². The van der Waals surface area contributed by atoms with Crippen LogP contribution in [0.5, 0.6) is 0 Å². The van der Waals surface area contributed by atoms with Crippen molar-refractivity contribution in [2.45, 2.75) is 46.1 Å². The second kappa shape index (κ2) is 5.86. The molecule has 12 heavy (non-hydrogen) atoms. The summed E-state index contributed by atoms with van der Waals surface area (Å²) in [5.41, 5.74) is 0. The van der Waals surface area contributed by atoms with Gasteiger partial charge in [0.2, 0.25) is 0 Å². The maximum Gasteiger partial charge on any atom is 0.506 e. The number of carboxylic acid groups (broad SMARTS) is 1. The topological polar surface area (TPSA) is 46.5 Å². The van der Waals surface area contributed by atoms with Crippen molar-refractivity contribution in [3.63, 3.8) is 0 Å². The van der Waals surface area contributed by atoms with Crippen molar-refractivity contribution in [3.05, 3.63) is 0 Å². The highest BCUT2D eigenvalue weighted by molar-refractivity contribution is 5.56. The molecule has 1 N–H and O–H groups in total. The summed E-state index contributed by atoms with van der Waals surface area (Å²) >= 11 is 0. The van der Waals surface area contributed by atoms with E-state index >= 15 is 0 Å². The lowest BCUT2D eigenvalue weighted by Crippen LogP contribution is -2.07. The third-order valence-electron chi connectivity index (χ3n) is 1.61. The molecule has 0 aromatic carbocycles. The Hall–Kier alpha value is -0.730. The fourth-order valence-corrected chi connectivity index (χ4v) is 0.728. The summed E-state index contributed by atoms with van der Waals surface area (Å²) in [6, 6.07) is 0. The van der Waals surface area contributed by atoms with Gasteiger partial charge in [-0.05, 0) is 19.8 Å². The van der Waals surface area contributed by atoms with Gasteiger partial charge in [-0.2, -0.15) is 0 Å². The Morgan fingerprint density at radius 2 is 2.08 bits per heavy atom. The lowest BCUT2D eigenvalue weighted by atomic mass is 10.3. The van der Waals surface area contributed by atoms with Crippen molar-refractivity contribution in [1.29, 1.82) is 0 Å². The number of carbonyl (C=O) groups is 1. The minimum absolute atomic E-state index is 0.225. The highest BCUT2D eigenvalue weighted by Gasteiger charge is 2.17. The molecule has 0 bridgehead atoms. The molecule has 1 aliphatic rings. The number of rotatable bonds is 2. The molecule has 1 fully saturated rings. The molecule has 1 rings (SSSR count). The maximum atomic E-state index is 9.59. The minimum Gasteiger partial charge on any atom is -0.450 e. The van der Waals surface area contributed by atoms with E-state index in [4.69, 9.17) is 5.11 Å². The predicted molar refractivity (Wildman–Crippen MR) is 47.3 cm³/mol. The van der Waals surface area contributed by atoms with E-state index in [1.807, 2.05) is 0 Å². The zero-order valence-electron chi connectivity index (χ0n) is 8.04. The third-order valence-corrected chi connectivity index (χ3v) is 1.61. The van der Waals surface area contributed by atoms with E-state index in [0.29, 0.717) is 0 Å². The van der Waals surface area contributed by atoms with Gasteiger partial charge in [0, 0.05) is 0 Å². The molecular formula is C9H18O3. The molecule has 0 heterocycles. The molecule has 1 saturated carbocycles. The largest absolute Gasteiger partial charge is 0.506 e. The molecule has 0 saturated heterocycles. The SMILES string of the molecule is CC(C)OC(=O)O.CCC1CC1. The summed E-state index contributed by atoms with van der Waals surface area (Å²) in [5.74, 6) is 1.13. The average Bonchev–Trinajstić information content (AvgIpc) is 2.66. The van der Waals surface area contributed by atoms with Crippen LogP contribution in [0.15, 0.2) is 0 Å². The zero-order chi connectivity index (χ0) is 9.56. The van der Waals surface area contributed by atoms with E-state index in [1.165, 1.54) is 19.3 Å². The summed E-state index contributed by atoms with van der Waals surface area (Å²) in [6.07, 6.45) is 3.00. The first-order valence-corrected chi connectivity index (χ1v) is 4.45. The van der Waals surface area contributed by atoms with Crippen molar-refractivity contribution < 1.29 is 14.6 Å². The Bertz CT molecular complexity index is 128. The van der Waals surface area contributed by atoms with Crippen molar-refractivity contribution in [3.8, 4) is 0 Å². The second-order valence-corrected chi connectivity index (χ2v) is 3.28. The van der Waals surface area contributed by atoms with E-state index in [2.05, 4.69) is 11.7 Å². The summed E-state index contributed by atoms with van der Waals surface area (Å²) in [4.78, 5) is 9.59. The zero-order valence-corrected chi connectivity index (χ0v) is 8.04. The van der Waals surface area contributed by atoms with Crippen LogP contribution in [0.25, 0.3) is 0 Å². The quantitative estimate of drug-likeness (QED) is 0.655. The summed E-state index contributed by atoms with van der Waals surface area (Å²) < 4.78 is 4.17. The van der Waals surface area contributed by atoms with Crippen LogP contribution in [0, 0.1) is 5.92 Å². The summed E-state index contributed by atoms with van der Waals surface area (Å²) in [7, 11) is 0. The van der Waals surface area contributed by atoms with Crippen LogP contribution in [0.3, 0.4) is 0 Å². The van der Waals surface area contributed by atoms with E-state index in [0.717, 1.165) is 5.92 Å². The van der Waals surface area contributed by atoms with E-state index in [1.54, 1.807) is 13.8 Å². The highest BCUT2D eigenvalue weighted by atomic mass is 16.7. The Morgan fingerprint density at radius 1 is 1.58 bits per heavy atom. The first kappa shape index (κ1) is 11.3. The molecule has 0 unspecified atom stereocenters. The highest BCUT2D eigenvalue weighted by Crippen LogP contribution is 2.31.